The Morgan fingerprint density at radius 1 is 1.23 bits per heavy atom. The SMILES string of the molecule is Cc1cc2n(n1)[C@@H](C(F)(F)F)C[C@@H](C1CCN(C(=O)CN3C[C@@H](C)O[C@@H](C)C3)CC1)N2. The first-order valence-electron chi connectivity index (χ1n) is 11.1. The quantitative estimate of drug-likeness (QED) is 0.779. The Morgan fingerprint density at radius 3 is 2.48 bits per heavy atom. The van der Waals surface area contributed by atoms with Gasteiger partial charge >= 0.3 is 6.18 Å². The van der Waals surface area contributed by atoms with Crippen molar-refractivity contribution in [2.24, 2.45) is 5.92 Å². The number of aromatic nitrogens is 2. The molecule has 0 spiro atoms. The number of anilines is 1. The lowest BCUT2D eigenvalue weighted by Crippen LogP contribution is -2.52. The summed E-state index contributed by atoms with van der Waals surface area (Å²) in [5.41, 5.74) is 0.574. The highest BCUT2D eigenvalue weighted by atomic mass is 19.4. The Bertz CT molecular complexity index is 780. The Morgan fingerprint density at radius 2 is 1.87 bits per heavy atom. The Hall–Kier alpha value is -1.81. The molecule has 1 amide bonds. The maximum Gasteiger partial charge on any atom is 0.410 e. The highest BCUT2D eigenvalue weighted by molar-refractivity contribution is 5.78. The summed E-state index contributed by atoms with van der Waals surface area (Å²) in [6, 6.07) is -0.200. The number of carbonyl (C=O) groups excluding carboxylic acids is 1. The summed E-state index contributed by atoms with van der Waals surface area (Å²) in [5.74, 6) is 0.629. The third-order valence-corrected chi connectivity index (χ3v) is 6.66. The fourth-order valence-corrected chi connectivity index (χ4v) is 5.29. The average Bonchev–Trinajstić information content (AvgIpc) is 3.05. The molecule has 0 aliphatic carbocycles. The highest BCUT2D eigenvalue weighted by Crippen LogP contribution is 2.42. The zero-order chi connectivity index (χ0) is 22.3. The summed E-state index contributed by atoms with van der Waals surface area (Å²) in [4.78, 5) is 16.8. The van der Waals surface area contributed by atoms with Gasteiger partial charge in [-0.15, -0.1) is 0 Å². The second kappa shape index (κ2) is 8.61. The number of likely N-dealkylation sites (tertiary alicyclic amines) is 1. The molecule has 10 heteroatoms. The van der Waals surface area contributed by atoms with Gasteiger partial charge in [0, 0.05) is 38.3 Å². The van der Waals surface area contributed by atoms with E-state index in [2.05, 4.69) is 15.3 Å². The number of hydrogen-bond acceptors (Lipinski definition) is 5. The fraction of sp³-hybridized carbons (Fsp3) is 0.810. The van der Waals surface area contributed by atoms with E-state index in [0.717, 1.165) is 17.8 Å². The number of nitrogens with one attached hydrogen (secondary N) is 1. The van der Waals surface area contributed by atoms with Gasteiger partial charge < -0.3 is 15.0 Å². The van der Waals surface area contributed by atoms with Crippen molar-refractivity contribution in [2.45, 2.75) is 70.5 Å². The third-order valence-electron chi connectivity index (χ3n) is 6.66. The van der Waals surface area contributed by atoms with Crippen molar-refractivity contribution in [3.8, 4) is 0 Å². The number of nitrogens with zero attached hydrogens (tertiary/aromatic N) is 4. The van der Waals surface area contributed by atoms with Gasteiger partial charge in [-0.3, -0.25) is 9.69 Å². The second-order valence-electron chi connectivity index (χ2n) is 9.33. The van der Waals surface area contributed by atoms with Gasteiger partial charge in [0.15, 0.2) is 6.04 Å². The van der Waals surface area contributed by atoms with Crippen LogP contribution in [0.2, 0.25) is 0 Å². The van der Waals surface area contributed by atoms with Crippen LogP contribution in [-0.2, 0) is 9.53 Å². The van der Waals surface area contributed by atoms with E-state index in [1.165, 1.54) is 0 Å². The Kier molecular flexibility index (Phi) is 6.22. The van der Waals surface area contributed by atoms with Crippen LogP contribution in [0.15, 0.2) is 6.07 Å². The van der Waals surface area contributed by atoms with Crippen LogP contribution < -0.4 is 5.32 Å². The molecule has 0 bridgehead atoms. The van der Waals surface area contributed by atoms with Crippen molar-refractivity contribution in [1.29, 1.82) is 0 Å². The number of aryl methyl sites for hydroxylation is 1. The molecule has 3 aliphatic rings. The molecular weight excluding hydrogens is 411 g/mol. The molecule has 174 valence electrons. The van der Waals surface area contributed by atoms with Gasteiger partial charge in [0.05, 0.1) is 24.4 Å². The highest BCUT2D eigenvalue weighted by Gasteiger charge is 2.47. The van der Waals surface area contributed by atoms with Gasteiger partial charge in [-0.05, 0) is 46.0 Å². The van der Waals surface area contributed by atoms with Crippen LogP contribution >= 0.6 is 0 Å². The number of carbonyl (C=O) groups is 1. The number of morpholine rings is 1. The minimum atomic E-state index is -4.34. The summed E-state index contributed by atoms with van der Waals surface area (Å²) in [5, 5.41) is 7.33. The molecule has 0 radical (unpaired) electrons. The number of alkyl halides is 3. The number of rotatable bonds is 3. The van der Waals surface area contributed by atoms with E-state index >= 15 is 0 Å². The minimum Gasteiger partial charge on any atom is -0.373 e. The molecule has 0 unspecified atom stereocenters. The van der Waals surface area contributed by atoms with Crippen LogP contribution in [0.4, 0.5) is 19.0 Å². The zero-order valence-corrected chi connectivity index (χ0v) is 18.4. The lowest BCUT2D eigenvalue weighted by Gasteiger charge is -2.41. The summed E-state index contributed by atoms with van der Waals surface area (Å²) in [7, 11) is 0. The van der Waals surface area contributed by atoms with Crippen molar-refractivity contribution >= 4 is 11.7 Å². The normalized spacial score (nSPS) is 30.7. The van der Waals surface area contributed by atoms with Crippen molar-refractivity contribution in [1.82, 2.24) is 19.6 Å². The zero-order valence-electron chi connectivity index (χ0n) is 18.4. The molecule has 4 rings (SSSR count). The standard InChI is InChI=1S/C21H32F3N5O2/c1-13-8-19-25-17(9-18(21(22,23)24)29(19)26-13)16-4-6-28(7-5-16)20(30)12-27-10-14(2)31-15(3)11-27/h8,14-18,25H,4-7,9-12H2,1-3H3/t14-,15+,17-,18+/m0/s1. The molecule has 7 nitrogen and oxygen atoms in total. The van der Waals surface area contributed by atoms with Crippen molar-refractivity contribution in [3.05, 3.63) is 11.8 Å². The van der Waals surface area contributed by atoms with Crippen molar-refractivity contribution in [2.75, 3.05) is 38.0 Å². The van der Waals surface area contributed by atoms with Gasteiger partial charge in [0.25, 0.3) is 0 Å². The molecule has 0 saturated carbocycles. The number of piperidine rings is 1. The fourth-order valence-electron chi connectivity index (χ4n) is 5.29. The van der Waals surface area contributed by atoms with Crippen molar-refractivity contribution < 1.29 is 22.7 Å². The van der Waals surface area contributed by atoms with Gasteiger partial charge in [-0.1, -0.05) is 0 Å². The molecular formula is C21H32F3N5O2. The van der Waals surface area contributed by atoms with Gasteiger partial charge in [-0.2, -0.15) is 18.3 Å². The number of ether oxygens (including phenoxy) is 1. The number of fused-ring (bicyclic) bond motifs is 1. The second-order valence-corrected chi connectivity index (χ2v) is 9.33. The largest absolute Gasteiger partial charge is 0.410 e. The summed E-state index contributed by atoms with van der Waals surface area (Å²) >= 11 is 0. The molecule has 4 atom stereocenters. The molecule has 1 aromatic rings. The van der Waals surface area contributed by atoms with E-state index in [0.29, 0.717) is 44.0 Å². The van der Waals surface area contributed by atoms with Crippen LogP contribution in [-0.4, -0.2) is 82.6 Å². The van der Waals surface area contributed by atoms with Crippen LogP contribution in [0.5, 0.6) is 0 Å². The summed E-state index contributed by atoms with van der Waals surface area (Å²) < 4.78 is 47.8. The number of halogens is 3. The summed E-state index contributed by atoms with van der Waals surface area (Å²) in [6.45, 7) is 8.76. The van der Waals surface area contributed by atoms with Crippen LogP contribution in [0, 0.1) is 12.8 Å². The summed E-state index contributed by atoms with van der Waals surface area (Å²) in [6.07, 6.45) is -2.73. The van der Waals surface area contributed by atoms with Gasteiger partial charge in [0.2, 0.25) is 5.91 Å². The van der Waals surface area contributed by atoms with E-state index in [9.17, 15) is 18.0 Å². The monoisotopic (exact) mass is 443 g/mol. The number of amides is 1. The lowest BCUT2D eigenvalue weighted by molar-refractivity contribution is -0.174. The van der Waals surface area contributed by atoms with Crippen molar-refractivity contribution in [3.63, 3.8) is 0 Å². The first-order chi connectivity index (χ1) is 14.6. The molecule has 1 N–H and O–H groups in total. The van der Waals surface area contributed by atoms with E-state index in [-0.39, 0.29) is 36.5 Å². The molecule has 4 heterocycles. The minimum absolute atomic E-state index is 0.0280. The predicted molar refractivity (Wildman–Crippen MR) is 110 cm³/mol. The third kappa shape index (κ3) is 5.00. The average molecular weight is 444 g/mol. The van der Waals surface area contributed by atoms with Crippen LogP contribution in [0.3, 0.4) is 0 Å². The van der Waals surface area contributed by atoms with E-state index in [4.69, 9.17) is 4.74 Å². The van der Waals surface area contributed by atoms with Crippen LogP contribution in [0.25, 0.3) is 0 Å². The topological polar surface area (TPSA) is 62.6 Å². The maximum absolute atomic E-state index is 13.7. The molecule has 31 heavy (non-hydrogen) atoms. The van der Waals surface area contributed by atoms with E-state index in [1.807, 2.05) is 18.7 Å². The molecule has 0 aromatic carbocycles. The Labute approximate surface area is 180 Å². The lowest BCUT2D eigenvalue weighted by atomic mass is 9.84. The smallest absolute Gasteiger partial charge is 0.373 e. The predicted octanol–water partition coefficient (Wildman–Crippen LogP) is 2.83. The van der Waals surface area contributed by atoms with Crippen LogP contribution in [0.1, 0.15) is 44.8 Å². The van der Waals surface area contributed by atoms with Gasteiger partial charge in [-0.25, -0.2) is 4.68 Å². The van der Waals surface area contributed by atoms with E-state index < -0.39 is 12.2 Å². The first-order valence-corrected chi connectivity index (χ1v) is 11.1. The first kappa shape index (κ1) is 22.4. The number of hydrogen-bond donors (Lipinski definition) is 1. The van der Waals surface area contributed by atoms with Gasteiger partial charge in [0.1, 0.15) is 5.82 Å². The molecule has 2 saturated heterocycles. The van der Waals surface area contributed by atoms with E-state index in [1.54, 1.807) is 13.0 Å². The maximum atomic E-state index is 13.7. The molecule has 3 aliphatic heterocycles. The molecule has 1 aromatic heterocycles. The molecule has 2 fully saturated rings. The Balaban J connectivity index is 1.34.